The third-order valence-electron chi connectivity index (χ3n) is 2.81. The number of allylic oxidation sites excluding steroid dienone is 3. The lowest BCUT2D eigenvalue weighted by Crippen LogP contribution is -2.07. The Morgan fingerprint density at radius 3 is 2.20 bits per heavy atom. The fourth-order valence-electron chi connectivity index (χ4n) is 1.81. The minimum Gasteiger partial charge on any atom is -0.323 e. The van der Waals surface area contributed by atoms with Crippen molar-refractivity contribution in [1.82, 2.24) is 0 Å². The molecule has 0 aromatic heterocycles. The van der Waals surface area contributed by atoms with Crippen LogP contribution in [0.25, 0.3) is 11.1 Å². The Morgan fingerprint density at radius 1 is 0.900 bits per heavy atom. The summed E-state index contributed by atoms with van der Waals surface area (Å²) in [6.45, 7) is 1.91. The summed E-state index contributed by atoms with van der Waals surface area (Å²) >= 11 is 0. The lowest BCUT2D eigenvalue weighted by molar-refractivity contribution is -0.111. The maximum Gasteiger partial charge on any atom is 0.248 e. The third kappa shape index (κ3) is 3.95. The fourth-order valence-corrected chi connectivity index (χ4v) is 1.81. The summed E-state index contributed by atoms with van der Waals surface area (Å²) in [5, 5.41) is 2.82. The summed E-state index contributed by atoms with van der Waals surface area (Å²) in [7, 11) is 0. The van der Waals surface area contributed by atoms with E-state index < -0.39 is 0 Å². The molecule has 2 rings (SSSR count). The van der Waals surface area contributed by atoms with Gasteiger partial charge in [-0.15, -0.1) is 0 Å². The summed E-state index contributed by atoms with van der Waals surface area (Å²) < 4.78 is 0. The van der Waals surface area contributed by atoms with Gasteiger partial charge in [0.15, 0.2) is 0 Å². The normalized spacial score (nSPS) is 11.1. The Bertz CT molecular complexity index is 610. The number of benzene rings is 2. The molecule has 2 aromatic rings. The molecular weight excluding hydrogens is 246 g/mol. The monoisotopic (exact) mass is 263 g/mol. The molecule has 1 N–H and O–H groups in total. The number of carbonyl (C=O) groups is 1. The molecule has 2 aromatic carbocycles. The zero-order chi connectivity index (χ0) is 14.2. The Hall–Kier alpha value is -2.61. The first-order valence-corrected chi connectivity index (χ1v) is 6.55. The van der Waals surface area contributed by atoms with Crippen molar-refractivity contribution in [2.24, 2.45) is 0 Å². The highest BCUT2D eigenvalue weighted by molar-refractivity contribution is 5.99. The Balaban J connectivity index is 2.04. The van der Waals surface area contributed by atoms with Crippen molar-refractivity contribution < 1.29 is 4.79 Å². The van der Waals surface area contributed by atoms with E-state index in [2.05, 4.69) is 17.4 Å². The second-order valence-corrected chi connectivity index (χ2v) is 4.32. The van der Waals surface area contributed by atoms with Crippen LogP contribution in [0.15, 0.2) is 78.9 Å². The van der Waals surface area contributed by atoms with Crippen LogP contribution in [0, 0.1) is 0 Å². The maximum absolute atomic E-state index is 11.6. The van der Waals surface area contributed by atoms with E-state index in [9.17, 15) is 4.79 Å². The Morgan fingerprint density at radius 2 is 1.55 bits per heavy atom. The molecule has 0 aliphatic rings. The Labute approximate surface area is 119 Å². The van der Waals surface area contributed by atoms with E-state index in [0.29, 0.717) is 0 Å². The second kappa shape index (κ2) is 7.10. The minimum absolute atomic E-state index is 0.129. The van der Waals surface area contributed by atoms with E-state index in [0.717, 1.165) is 11.3 Å². The number of amides is 1. The van der Waals surface area contributed by atoms with E-state index in [-0.39, 0.29) is 5.91 Å². The summed E-state index contributed by atoms with van der Waals surface area (Å²) in [4.78, 5) is 11.6. The number of nitrogens with one attached hydrogen (secondary N) is 1. The van der Waals surface area contributed by atoms with Crippen LogP contribution < -0.4 is 5.32 Å². The Kier molecular flexibility index (Phi) is 4.90. The first-order valence-electron chi connectivity index (χ1n) is 6.55. The highest BCUT2D eigenvalue weighted by atomic mass is 16.1. The van der Waals surface area contributed by atoms with Gasteiger partial charge in [0.05, 0.1) is 0 Å². The molecule has 0 unspecified atom stereocenters. The van der Waals surface area contributed by atoms with Gasteiger partial charge < -0.3 is 5.32 Å². The molecule has 0 bridgehead atoms. The minimum atomic E-state index is -0.129. The highest BCUT2D eigenvalue weighted by Crippen LogP contribution is 2.20. The van der Waals surface area contributed by atoms with Crippen molar-refractivity contribution in [2.75, 3.05) is 5.32 Å². The van der Waals surface area contributed by atoms with E-state index in [1.165, 1.54) is 11.6 Å². The summed E-state index contributed by atoms with van der Waals surface area (Å²) in [5.74, 6) is -0.129. The zero-order valence-electron chi connectivity index (χ0n) is 11.4. The number of hydrogen-bond acceptors (Lipinski definition) is 1. The maximum atomic E-state index is 11.6. The summed E-state index contributed by atoms with van der Waals surface area (Å²) in [6, 6.07) is 18.0. The van der Waals surface area contributed by atoms with Gasteiger partial charge in [0.25, 0.3) is 0 Å². The van der Waals surface area contributed by atoms with Crippen LogP contribution in [0.5, 0.6) is 0 Å². The first kappa shape index (κ1) is 13.8. The van der Waals surface area contributed by atoms with Gasteiger partial charge in [-0.05, 0) is 30.2 Å². The standard InChI is InChI=1S/C18H17NO/c1-2-3-5-10-18(20)19-17-13-11-16(12-14-17)15-8-6-4-7-9-15/h2-14H,1H3,(H,19,20)/b3-2+,10-5+. The van der Waals surface area contributed by atoms with Gasteiger partial charge in [-0.25, -0.2) is 0 Å². The van der Waals surface area contributed by atoms with Gasteiger partial charge in [0.1, 0.15) is 0 Å². The molecule has 100 valence electrons. The molecule has 0 atom stereocenters. The van der Waals surface area contributed by atoms with Crippen LogP contribution in [0.1, 0.15) is 6.92 Å². The molecule has 0 aliphatic carbocycles. The molecule has 2 nitrogen and oxygen atoms in total. The average molecular weight is 263 g/mol. The van der Waals surface area contributed by atoms with Crippen LogP contribution in [-0.2, 0) is 4.79 Å². The zero-order valence-corrected chi connectivity index (χ0v) is 11.4. The topological polar surface area (TPSA) is 29.1 Å². The van der Waals surface area contributed by atoms with Crippen LogP contribution in [0.3, 0.4) is 0 Å². The molecule has 0 aliphatic heterocycles. The SMILES string of the molecule is C/C=C/C=C/C(=O)Nc1ccc(-c2ccccc2)cc1. The number of hydrogen-bond donors (Lipinski definition) is 1. The molecule has 0 spiro atoms. The lowest BCUT2D eigenvalue weighted by Gasteiger charge is -2.05. The summed E-state index contributed by atoms with van der Waals surface area (Å²) in [6.07, 6.45) is 6.91. The molecule has 0 heterocycles. The predicted molar refractivity (Wildman–Crippen MR) is 84.5 cm³/mol. The second-order valence-electron chi connectivity index (χ2n) is 4.32. The average Bonchev–Trinajstić information content (AvgIpc) is 2.49. The molecule has 0 fully saturated rings. The number of anilines is 1. The van der Waals surface area contributed by atoms with E-state index >= 15 is 0 Å². The number of rotatable bonds is 4. The molecular formula is C18H17NO. The van der Waals surface area contributed by atoms with E-state index in [1.54, 1.807) is 6.08 Å². The van der Waals surface area contributed by atoms with Gasteiger partial charge in [-0.3, -0.25) is 4.79 Å². The molecule has 20 heavy (non-hydrogen) atoms. The molecule has 0 saturated heterocycles. The van der Waals surface area contributed by atoms with Crippen LogP contribution in [0.2, 0.25) is 0 Å². The third-order valence-corrected chi connectivity index (χ3v) is 2.81. The number of carbonyl (C=O) groups excluding carboxylic acids is 1. The van der Waals surface area contributed by atoms with Gasteiger partial charge in [0.2, 0.25) is 5.91 Å². The van der Waals surface area contributed by atoms with Gasteiger partial charge in [0, 0.05) is 11.8 Å². The highest BCUT2D eigenvalue weighted by Gasteiger charge is 1.99. The molecule has 0 radical (unpaired) electrons. The van der Waals surface area contributed by atoms with Gasteiger partial charge in [-0.1, -0.05) is 60.7 Å². The van der Waals surface area contributed by atoms with Crippen molar-refractivity contribution in [2.45, 2.75) is 6.92 Å². The molecule has 2 heteroatoms. The molecule has 0 saturated carbocycles. The largest absolute Gasteiger partial charge is 0.323 e. The smallest absolute Gasteiger partial charge is 0.248 e. The van der Waals surface area contributed by atoms with Crippen molar-refractivity contribution in [3.8, 4) is 11.1 Å². The van der Waals surface area contributed by atoms with Crippen LogP contribution in [0.4, 0.5) is 5.69 Å². The van der Waals surface area contributed by atoms with Crippen LogP contribution >= 0.6 is 0 Å². The van der Waals surface area contributed by atoms with Crippen molar-refractivity contribution >= 4 is 11.6 Å². The van der Waals surface area contributed by atoms with Crippen LogP contribution in [-0.4, -0.2) is 5.91 Å². The van der Waals surface area contributed by atoms with E-state index in [1.807, 2.05) is 61.5 Å². The van der Waals surface area contributed by atoms with Gasteiger partial charge in [-0.2, -0.15) is 0 Å². The first-order chi connectivity index (χ1) is 9.79. The predicted octanol–water partition coefficient (Wildman–Crippen LogP) is 4.42. The lowest BCUT2D eigenvalue weighted by atomic mass is 10.1. The van der Waals surface area contributed by atoms with E-state index in [4.69, 9.17) is 0 Å². The quantitative estimate of drug-likeness (QED) is 0.642. The van der Waals surface area contributed by atoms with Crippen molar-refractivity contribution in [3.05, 3.63) is 78.9 Å². The molecule has 1 amide bonds. The van der Waals surface area contributed by atoms with Crippen molar-refractivity contribution in [1.29, 1.82) is 0 Å². The summed E-state index contributed by atoms with van der Waals surface area (Å²) in [5.41, 5.74) is 3.09. The fraction of sp³-hybridized carbons (Fsp3) is 0.0556. The van der Waals surface area contributed by atoms with Crippen molar-refractivity contribution in [3.63, 3.8) is 0 Å². The van der Waals surface area contributed by atoms with Gasteiger partial charge >= 0.3 is 0 Å².